The van der Waals surface area contributed by atoms with Gasteiger partial charge in [-0.25, -0.2) is 0 Å². The largest absolute Gasteiger partial charge is 0.385 e. The molecule has 0 bridgehead atoms. The minimum Gasteiger partial charge on any atom is -0.385 e. The van der Waals surface area contributed by atoms with Crippen LogP contribution in [0.2, 0.25) is 0 Å². The van der Waals surface area contributed by atoms with Crippen molar-refractivity contribution in [3.8, 4) is 0 Å². The zero-order valence-electron chi connectivity index (χ0n) is 11.8. The van der Waals surface area contributed by atoms with Crippen molar-refractivity contribution in [3.63, 3.8) is 0 Å². The molecule has 2 unspecified atom stereocenters. The van der Waals surface area contributed by atoms with E-state index in [9.17, 15) is 4.79 Å². The molecule has 2 aliphatic rings. The standard InChI is InChI=1S/C14H26N2O3/c1-18-7-2-3-13(15)14(17)16(12-4-5-12)9-11-6-8-19-10-11/h11-13H,2-10,15H2,1H3. The fraction of sp³-hybridized carbons (Fsp3) is 0.929. The topological polar surface area (TPSA) is 64.8 Å². The molecule has 5 nitrogen and oxygen atoms in total. The average molecular weight is 270 g/mol. The van der Waals surface area contributed by atoms with Crippen LogP contribution in [-0.4, -0.2) is 56.4 Å². The molecule has 0 aromatic rings. The van der Waals surface area contributed by atoms with Crippen LogP contribution in [0.1, 0.15) is 32.1 Å². The third-order valence-corrected chi connectivity index (χ3v) is 3.93. The Morgan fingerprint density at radius 1 is 1.47 bits per heavy atom. The van der Waals surface area contributed by atoms with Crippen molar-refractivity contribution in [2.24, 2.45) is 11.7 Å². The molecule has 110 valence electrons. The molecule has 2 fully saturated rings. The van der Waals surface area contributed by atoms with Gasteiger partial charge >= 0.3 is 0 Å². The van der Waals surface area contributed by atoms with Crippen LogP contribution >= 0.6 is 0 Å². The molecule has 2 N–H and O–H groups in total. The number of hydrogen-bond acceptors (Lipinski definition) is 4. The van der Waals surface area contributed by atoms with Gasteiger partial charge in [-0.2, -0.15) is 0 Å². The SMILES string of the molecule is COCCCC(N)C(=O)N(CC1CCOC1)C1CC1. The Balaban J connectivity index is 1.81. The number of nitrogens with zero attached hydrogens (tertiary/aromatic N) is 1. The summed E-state index contributed by atoms with van der Waals surface area (Å²) in [5.41, 5.74) is 6.02. The molecular formula is C14H26N2O3. The highest BCUT2D eigenvalue weighted by molar-refractivity contribution is 5.82. The summed E-state index contributed by atoms with van der Waals surface area (Å²) in [5.74, 6) is 0.612. The third kappa shape index (κ3) is 4.44. The van der Waals surface area contributed by atoms with Gasteiger partial charge in [0.15, 0.2) is 0 Å². The number of ether oxygens (including phenoxy) is 2. The fourth-order valence-corrected chi connectivity index (χ4v) is 2.59. The molecule has 2 atom stereocenters. The van der Waals surface area contributed by atoms with Crippen LogP contribution in [0.25, 0.3) is 0 Å². The van der Waals surface area contributed by atoms with E-state index in [0.717, 1.165) is 45.4 Å². The van der Waals surface area contributed by atoms with Crippen molar-refractivity contribution < 1.29 is 14.3 Å². The summed E-state index contributed by atoms with van der Waals surface area (Å²) in [7, 11) is 1.67. The van der Waals surface area contributed by atoms with Gasteiger partial charge < -0.3 is 20.1 Å². The molecule has 0 aromatic heterocycles. The minimum absolute atomic E-state index is 0.116. The second kappa shape index (κ2) is 7.22. The Kier molecular flexibility index (Phi) is 5.60. The zero-order valence-corrected chi connectivity index (χ0v) is 11.8. The second-order valence-corrected chi connectivity index (χ2v) is 5.69. The predicted octanol–water partition coefficient (Wildman–Crippen LogP) is 0.768. The highest BCUT2D eigenvalue weighted by Gasteiger charge is 2.36. The van der Waals surface area contributed by atoms with E-state index in [4.69, 9.17) is 15.2 Å². The van der Waals surface area contributed by atoms with Crippen molar-refractivity contribution in [1.82, 2.24) is 4.90 Å². The van der Waals surface area contributed by atoms with Crippen molar-refractivity contribution >= 4 is 5.91 Å². The molecule has 19 heavy (non-hydrogen) atoms. The van der Waals surface area contributed by atoms with Crippen LogP contribution in [0.15, 0.2) is 0 Å². The molecule has 5 heteroatoms. The van der Waals surface area contributed by atoms with Gasteiger partial charge in [-0.05, 0) is 32.1 Å². The molecule has 0 spiro atoms. The van der Waals surface area contributed by atoms with Gasteiger partial charge in [0.2, 0.25) is 5.91 Å². The molecule has 2 rings (SSSR count). The van der Waals surface area contributed by atoms with E-state index >= 15 is 0 Å². The van der Waals surface area contributed by atoms with Gasteiger partial charge in [-0.1, -0.05) is 0 Å². The average Bonchev–Trinajstić information content (AvgIpc) is 3.12. The van der Waals surface area contributed by atoms with Crippen LogP contribution in [0, 0.1) is 5.92 Å². The molecule has 1 aliphatic heterocycles. The lowest BCUT2D eigenvalue weighted by atomic mass is 10.1. The van der Waals surface area contributed by atoms with Gasteiger partial charge in [0.25, 0.3) is 0 Å². The van der Waals surface area contributed by atoms with Gasteiger partial charge in [-0.15, -0.1) is 0 Å². The molecule has 1 heterocycles. The number of carbonyl (C=O) groups is 1. The molecule has 0 aromatic carbocycles. The van der Waals surface area contributed by atoms with Crippen molar-refractivity contribution in [1.29, 1.82) is 0 Å². The first kappa shape index (κ1) is 14.8. The Morgan fingerprint density at radius 2 is 2.26 bits per heavy atom. The van der Waals surface area contributed by atoms with Crippen molar-refractivity contribution in [2.75, 3.05) is 33.5 Å². The summed E-state index contributed by atoms with van der Waals surface area (Å²) >= 11 is 0. The first-order valence-corrected chi connectivity index (χ1v) is 7.35. The zero-order chi connectivity index (χ0) is 13.7. The lowest BCUT2D eigenvalue weighted by Crippen LogP contribution is -2.47. The maximum atomic E-state index is 12.4. The predicted molar refractivity (Wildman–Crippen MR) is 72.7 cm³/mol. The van der Waals surface area contributed by atoms with Crippen molar-refractivity contribution in [2.45, 2.75) is 44.2 Å². The van der Waals surface area contributed by atoms with E-state index in [1.807, 2.05) is 4.90 Å². The number of carbonyl (C=O) groups excluding carboxylic acids is 1. The van der Waals surface area contributed by atoms with Gasteiger partial charge in [0.05, 0.1) is 12.6 Å². The fourth-order valence-electron chi connectivity index (χ4n) is 2.59. The van der Waals surface area contributed by atoms with Crippen LogP contribution in [0.5, 0.6) is 0 Å². The summed E-state index contributed by atoms with van der Waals surface area (Å²) in [6.07, 6.45) is 4.87. The Hall–Kier alpha value is -0.650. The highest BCUT2D eigenvalue weighted by atomic mass is 16.5. The minimum atomic E-state index is -0.377. The van der Waals surface area contributed by atoms with Gasteiger partial charge in [0.1, 0.15) is 0 Å². The number of amides is 1. The molecule has 0 radical (unpaired) electrons. The quantitative estimate of drug-likeness (QED) is 0.662. The Morgan fingerprint density at radius 3 is 2.84 bits per heavy atom. The third-order valence-electron chi connectivity index (χ3n) is 3.93. The monoisotopic (exact) mass is 270 g/mol. The lowest BCUT2D eigenvalue weighted by molar-refractivity contribution is -0.134. The van der Waals surface area contributed by atoms with Gasteiger partial charge in [0, 0.05) is 38.8 Å². The van der Waals surface area contributed by atoms with E-state index in [0.29, 0.717) is 25.0 Å². The first-order valence-electron chi connectivity index (χ1n) is 7.35. The summed E-state index contributed by atoms with van der Waals surface area (Å²) in [5, 5.41) is 0. The van der Waals surface area contributed by atoms with E-state index in [-0.39, 0.29) is 11.9 Å². The van der Waals surface area contributed by atoms with Gasteiger partial charge in [-0.3, -0.25) is 4.79 Å². The van der Waals surface area contributed by atoms with E-state index < -0.39 is 0 Å². The smallest absolute Gasteiger partial charge is 0.239 e. The van der Waals surface area contributed by atoms with Crippen LogP contribution in [0.4, 0.5) is 0 Å². The maximum absolute atomic E-state index is 12.4. The second-order valence-electron chi connectivity index (χ2n) is 5.69. The lowest BCUT2D eigenvalue weighted by Gasteiger charge is -2.28. The molecule has 1 amide bonds. The molecular weight excluding hydrogens is 244 g/mol. The first-order chi connectivity index (χ1) is 9.22. The Bertz CT molecular complexity index is 288. The van der Waals surface area contributed by atoms with E-state index in [1.165, 1.54) is 0 Å². The summed E-state index contributed by atoms with van der Waals surface area (Å²) < 4.78 is 10.4. The number of methoxy groups -OCH3 is 1. The van der Waals surface area contributed by atoms with Crippen LogP contribution in [-0.2, 0) is 14.3 Å². The van der Waals surface area contributed by atoms with E-state index in [2.05, 4.69) is 0 Å². The molecule has 1 saturated carbocycles. The maximum Gasteiger partial charge on any atom is 0.239 e. The number of nitrogens with two attached hydrogens (primary N) is 1. The highest BCUT2D eigenvalue weighted by Crippen LogP contribution is 2.29. The summed E-state index contributed by atoms with van der Waals surface area (Å²) in [6.45, 7) is 3.11. The van der Waals surface area contributed by atoms with Crippen LogP contribution in [0.3, 0.4) is 0 Å². The summed E-state index contributed by atoms with van der Waals surface area (Å²) in [4.78, 5) is 14.4. The summed E-state index contributed by atoms with van der Waals surface area (Å²) in [6, 6.07) is 0.0552. The van der Waals surface area contributed by atoms with Crippen LogP contribution < -0.4 is 5.73 Å². The van der Waals surface area contributed by atoms with E-state index in [1.54, 1.807) is 7.11 Å². The molecule has 1 aliphatic carbocycles. The Labute approximate surface area is 115 Å². The number of rotatable bonds is 8. The van der Waals surface area contributed by atoms with Crippen molar-refractivity contribution in [3.05, 3.63) is 0 Å². The molecule has 1 saturated heterocycles. The number of hydrogen-bond donors (Lipinski definition) is 1. The normalized spacial score (nSPS) is 24.4.